The van der Waals surface area contributed by atoms with Gasteiger partial charge in [-0.2, -0.15) is 0 Å². The lowest BCUT2D eigenvalue weighted by atomic mass is 9.85. The quantitative estimate of drug-likeness (QED) is 0.126. The van der Waals surface area contributed by atoms with E-state index in [-0.39, 0.29) is 43.2 Å². The molecule has 12 nitrogen and oxygen atoms in total. The van der Waals surface area contributed by atoms with Crippen LogP contribution >= 0.6 is 0 Å². The lowest BCUT2D eigenvalue weighted by Gasteiger charge is -2.36. The van der Waals surface area contributed by atoms with Gasteiger partial charge in [0.2, 0.25) is 17.6 Å². The van der Waals surface area contributed by atoms with E-state index in [1.54, 1.807) is 34.6 Å². The maximum absolute atomic E-state index is 14.4. The second-order valence-electron chi connectivity index (χ2n) is 14.9. The van der Waals surface area contributed by atoms with Gasteiger partial charge in [0.15, 0.2) is 0 Å². The summed E-state index contributed by atoms with van der Waals surface area (Å²) in [5.41, 5.74) is 6.16. The molecule has 1 unspecified atom stereocenters. The van der Waals surface area contributed by atoms with Crippen LogP contribution in [0.1, 0.15) is 79.7 Å². The summed E-state index contributed by atoms with van der Waals surface area (Å²) in [6, 6.07) is 4.30. The number of esters is 1. The highest BCUT2D eigenvalue weighted by Crippen LogP contribution is 2.36. The summed E-state index contributed by atoms with van der Waals surface area (Å²) in [5.74, 6) is -3.90. The van der Waals surface area contributed by atoms with Gasteiger partial charge in [0.25, 0.3) is 5.91 Å². The van der Waals surface area contributed by atoms with Crippen molar-refractivity contribution >= 4 is 35.5 Å². The molecule has 3 rings (SSSR count). The standard InChI is InChI=1S/C36H53N5O7/c1-20(2)22(5)25-17-27(32(44)38-26(16-23-14-15-23)29(42)31(37)43)41(18-25)33(45)30(36(6,7)8)40-35(47)39-28(21(3)4)34(46)48-19-24-12-10-9-11-13-24/h9-13,20-21,23,25-28,30H,5,14-19H2,1-4,6-8H3,(H2,37,43)(H,38,44)(H2,39,40,47)/t25-,26?,27+,28+,30-/m1/s1. The van der Waals surface area contributed by atoms with Gasteiger partial charge in [0.1, 0.15) is 24.7 Å². The fraction of sp³-hybridized carbons (Fsp3) is 0.611. The Hall–Kier alpha value is -4.22. The molecule has 12 heteroatoms. The molecule has 1 aromatic rings. The van der Waals surface area contributed by atoms with Crippen LogP contribution in [0.2, 0.25) is 0 Å². The minimum atomic E-state index is -1.13. The van der Waals surface area contributed by atoms with E-state index >= 15 is 0 Å². The fourth-order valence-electron chi connectivity index (χ4n) is 5.87. The Kier molecular flexibility index (Phi) is 12.9. The number of benzene rings is 1. The van der Waals surface area contributed by atoms with Crippen LogP contribution in [-0.4, -0.2) is 71.1 Å². The van der Waals surface area contributed by atoms with Gasteiger partial charge in [-0.25, -0.2) is 9.59 Å². The number of urea groups is 1. The van der Waals surface area contributed by atoms with Crippen molar-refractivity contribution in [1.82, 2.24) is 20.9 Å². The Morgan fingerprint density at radius 2 is 1.60 bits per heavy atom. The number of carbonyl (C=O) groups excluding carboxylic acids is 6. The van der Waals surface area contributed by atoms with Gasteiger partial charge < -0.3 is 31.3 Å². The summed E-state index contributed by atoms with van der Waals surface area (Å²) in [4.78, 5) is 80.4. The molecule has 0 radical (unpaired) electrons. The zero-order chi connectivity index (χ0) is 35.9. The highest BCUT2D eigenvalue weighted by Gasteiger charge is 2.47. The first kappa shape index (κ1) is 38.2. The molecule has 1 saturated carbocycles. The van der Waals surface area contributed by atoms with E-state index in [1.807, 2.05) is 44.2 Å². The fourth-order valence-corrected chi connectivity index (χ4v) is 5.87. The predicted octanol–water partition coefficient (Wildman–Crippen LogP) is 3.24. The lowest BCUT2D eigenvalue weighted by Crippen LogP contribution is -2.61. The molecule has 0 aromatic heterocycles. The molecule has 48 heavy (non-hydrogen) atoms. The molecule has 5 N–H and O–H groups in total. The van der Waals surface area contributed by atoms with Gasteiger partial charge in [-0.3, -0.25) is 19.2 Å². The Bertz CT molecular complexity index is 1370. The third-order valence-electron chi connectivity index (χ3n) is 9.11. The number of hydrogen-bond donors (Lipinski definition) is 4. The number of hydrogen-bond acceptors (Lipinski definition) is 7. The number of carbonyl (C=O) groups is 6. The number of likely N-dealkylation sites (tertiary alicyclic amines) is 1. The maximum atomic E-state index is 14.4. The molecule has 1 aliphatic carbocycles. The molecule has 0 bridgehead atoms. The first-order valence-electron chi connectivity index (χ1n) is 16.8. The van der Waals surface area contributed by atoms with Crippen molar-refractivity contribution in [3.63, 3.8) is 0 Å². The highest BCUT2D eigenvalue weighted by atomic mass is 16.5. The van der Waals surface area contributed by atoms with Crippen LogP contribution in [-0.2, 0) is 35.3 Å². The average Bonchev–Trinajstić information content (AvgIpc) is 3.73. The number of nitrogens with one attached hydrogen (secondary N) is 3. The Morgan fingerprint density at radius 1 is 0.979 bits per heavy atom. The van der Waals surface area contributed by atoms with E-state index in [0.717, 1.165) is 24.0 Å². The average molecular weight is 668 g/mol. The van der Waals surface area contributed by atoms with Crippen LogP contribution in [0.5, 0.6) is 0 Å². The van der Waals surface area contributed by atoms with E-state index in [0.29, 0.717) is 6.42 Å². The summed E-state index contributed by atoms with van der Waals surface area (Å²) < 4.78 is 5.48. The second kappa shape index (κ2) is 16.3. The van der Waals surface area contributed by atoms with Crippen molar-refractivity contribution < 1.29 is 33.5 Å². The minimum absolute atomic E-state index is 0.0447. The summed E-state index contributed by atoms with van der Waals surface area (Å²) in [6.45, 7) is 17.3. The number of nitrogens with two attached hydrogens (primary N) is 1. The largest absolute Gasteiger partial charge is 0.459 e. The summed E-state index contributed by atoms with van der Waals surface area (Å²) >= 11 is 0. The summed E-state index contributed by atoms with van der Waals surface area (Å²) in [6.07, 6.45) is 2.35. The number of primary amides is 1. The van der Waals surface area contributed by atoms with Crippen molar-refractivity contribution in [2.45, 2.75) is 105 Å². The number of Topliss-reactive ketones (excluding diaryl/α,β-unsaturated/α-hetero) is 1. The van der Waals surface area contributed by atoms with Crippen LogP contribution < -0.4 is 21.7 Å². The topological polar surface area (TPSA) is 177 Å². The van der Waals surface area contributed by atoms with E-state index in [2.05, 4.69) is 22.5 Å². The molecule has 2 fully saturated rings. The van der Waals surface area contributed by atoms with E-state index in [1.165, 1.54) is 4.90 Å². The van der Waals surface area contributed by atoms with Crippen LogP contribution in [0.15, 0.2) is 42.5 Å². The molecule has 264 valence electrons. The number of rotatable bonds is 15. The number of ketones is 1. The van der Waals surface area contributed by atoms with E-state index in [9.17, 15) is 28.8 Å². The van der Waals surface area contributed by atoms with Gasteiger partial charge in [-0.1, -0.05) is 104 Å². The van der Waals surface area contributed by atoms with Crippen molar-refractivity contribution in [1.29, 1.82) is 0 Å². The molecule has 1 heterocycles. The number of ether oxygens (including phenoxy) is 1. The van der Waals surface area contributed by atoms with Gasteiger partial charge in [-0.15, -0.1) is 0 Å². The summed E-state index contributed by atoms with van der Waals surface area (Å²) in [7, 11) is 0. The monoisotopic (exact) mass is 667 g/mol. The first-order chi connectivity index (χ1) is 22.4. The molecule has 2 aliphatic rings. The summed E-state index contributed by atoms with van der Waals surface area (Å²) in [5, 5.41) is 8.16. The smallest absolute Gasteiger partial charge is 0.329 e. The van der Waals surface area contributed by atoms with Gasteiger partial charge in [0.05, 0.1) is 6.04 Å². The SMILES string of the molecule is C=C(C(C)C)[C@@H]1C[C@@H](C(=O)NC(CC2CC2)C(=O)C(N)=O)N(C(=O)[C@@H](NC(=O)N[C@H](C(=O)OCc2ccccc2)C(C)C)C(C)(C)C)C1. The first-order valence-corrected chi connectivity index (χ1v) is 16.8. The third kappa shape index (κ3) is 10.4. The molecular formula is C36H53N5O7. The normalized spacial score (nSPS) is 19.6. The van der Waals surface area contributed by atoms with Gasteiger partial charge in [0, 0.05) is 6.54 Å². The van der Waals surface area contributed by atoms with Crippen LogP contribution in [0.4, 0.5) is 4.79 Å². The van der Waals surface area contributed by atoms with Crippen LogP contribution in [0.25, 0.3) is 0 Å². The Labute approximate surface area is 284 Å². The van der Waals surface area contributed by atoms with Crippen molar-refractivity contribution in [3.8, 4) is 0 Å². The van der Waals surface area contributed by atoms with Crippen LogP contribution in [0.3, 0.4) is 0 Å². The Morgan fingerprint density at radius 3 is 2.12 bits per heavy atom. The maximum Gasteiger partial charge on any atom is 0.329 e. The third-order valence-corrected chi connectivity index (χ3v) is 9.11. The molecule has 1 saturated heterocycles. The molecule has 5 atom stereocenters. The van der Waals surface area contributed by atoms with E-state index in [4.69, 9.17) is 10.5 Å². The van der Waals surface area contributed by atoms with Crippen molar-refractivity contribution in [2.24, 2.45) is 34.8 Å². The Balaban J connectivity index is 1.81. The highest BCUT2D eigenvalue weighted by molar-refractivity contribution is 6.37. The zero-order valence-corrected chi connectivity index (χ0v) is 29.3. The number of nitrogens with zero attached hydrogens (tertiary/aromatic N) is 1. The van der Waals surface area contributed by atoms with Crippen LogP contribution in [0, 0.1) is 29.1 Å². The second-order valence-corrected chi connectivity index (χ2v) is 14.9. The molecule has 0 spiro atoms. The van der Waals surface area contributed by atoms with Gasteiger partial charge in [-0.05, 0) is 47.5 Å². The van der Waals surface area contributed by atoms with Crippen molar-refractivity contribution in [3.05, 3.63) is 48.0 Å². The van der Waals surface area contributed by atoms with Gasteiger partial charge >= 0.3 is 12.0 Å². The molecule has 5 amide bonds. The minimum Gasteiger partial charge on any atom is -0.459 e. The number of amides is 5. The predicted molar refractivity (Wildman–Crippen MR) is 181 cm³/mol. The molecule has 1 aromatic carbocycles. The lowest BCUT2D eigenvalue weighted by molar-refractivity contribution is -0.148. The molecular weight excluding hydrogens is 614 g/mol. The molecule has 1 aliphatic heterocycles. The van der Waals surface area contributed by atoms with E-state index < -0.39 is 65.1 Å². The van der Waals surface area contributed by atoms with Crippen molar-refractivity contribution in [2.75, 3.05) is 6.54 Å². The zero-order valence-electron chi connectivity index (χ0n) is 29.3.